The smallest absolute Gasteiger partial charge is 0.239 e. The number of hydrogen-bond acceptors (Lipinski definition) is 4. The number of nitrogens with zero attached hydrogens (tertiary/aromatic N) is 1. The highest BCUT2D eigenvalue weighted by Gasteiger charge is 2.18. The number of anilines is 2. The van der Waals surface area contributed by atoms with Crippen molar-refractivity contribution in [3.63, 3.8) is 0 Å². The van der Waals surface area contributed by atoms with Crippen molar-refractivity contribution in [2.24, 2.45) is 0 Å². The van der Waals surface area contributed by atoms with E-state index in [0.29, 0.717) is 30.4 Å². The molecule has 0 spiro atoms. The lowest BCUT2D eigenvalue weighted by atomic mass is 10.1. The van der Waals surface area contributed by atoms with Crippen molar-refractivity contribution in [2.75, 3.05) is 36.5 Å². The number of nitrogens with one attached hydrogen (secondary N) is 2. The van der Waals surface area contributed by atoms with Crippen molar-refractivity contribution in [2.45, 2.75) is 13.3 Å². The van der Waals surface area contributed by atoms with Crippen LogP contribution < -0.4 is 20.3 Å². The molecule has 1 heterocycles. The topological polar surface area (TPSA) is 70.7 Å². The predicted molar refractivity (Wildman–Crippen MR) is 107 cm³/mol. The van der Waals surface area contributed by atoms with E-state index < -0.39 is 0 Å². The normalized spacial score (nSPS) is 13.9. The van der Waals surface area contributed by atoms with Gasteiger partial charge in [0.05, 0.1) is 30.3 Å². The summed E-state index contributed by atoms with van der Waals surface area (Å²) in [4.78, 5) is 25.7. The van der Waals surface area contributed by atoms with Crippen molar-refractivity contribution in [1.82, 2.24) is 5.32 Å². The van der Waals surface area contributed by atoms with Gasteiger partial charge in [0.25, 0.3) is 0 Å². The summed E-state index contributed by atoms with van der Waals surface area (Å²) < 4.78 is 5.40. The van der Waals surface area contributed by atoms with E-state index >= 15 is 0 Å². The Balaban J connectivity index is 1.60. The average molecular weight is 388 g/mol. The van der Waals surface area contributed by atoms with E-state index in [4.69, 9.17) is 16.3 Å². The van der Waals surface area contributed by atoms with Gasteiger partial charge in [0, 0.05) is 18.8 Å². The highest BCUT2D eigenvalue weighted by Crippen LogP contribution is 2.29. The van der Waals surface area contributed by atoms with Crippen LogP contribution in [-0.2, 0) is 16.0 Å². The Morgan fingerprint density at radius 1 is 1.26 bits per heavy atom. The molecule has 1 aliphatic rings. The Morgan fingerprint density at radius 2 is 2.04 bits per heavy atom. The van der Waals surface area contributed by atoms with Crippen LogP contribution in [0.15, 0.2) is 42.5 Å². The lowest BCUT2D eigenvalue weighted by Crippen LogP contribution is -2.47. The fourth-order valence-electron chi connectivity index (χ4n) is 2.95. The van der Waals surface area contributed by atoms with E-state index in [9.17, 15) is 9.59 Å². The molecule has 0 unspecified atom stereocenters. The Kier molecular flexibility index (Phi) is 6.19. The van der Waals surface area contributed by atoms with Crippen LogP contribution in [0.1, 0.15) is 12.5 Å². The van der Waals surface area contributed by atoms with Crippen molar-refractivity contribution in [3.8, 4) is 5.75 Å². The van der Waals surface area contributed by atoms with Crippen LogP contribution in [-0.4, -0.2) is 38.1 Å². The number of rotatable bonds is 6. The SMILES string of the molecule is CCOc1ccc(CC(=O)Nc2ccc(N3CCNC(=O)C3)c(Cl)c2)cc1. The molecule has 142 valence electrons. The molecule has 0 atom stereocenters. The first-order valence-corrected chi connectivity index (χ1v) is 9.25. The highest BCUT2D eigenvalue weighted by molar-refractivity contribution is 6.33. The summed E-state index contributed by atoms with van der Waals surface area (Å²) in [6, 6.07) is 12.8. The zero-order chi connectivity index (χ0) is 19.2. The molecule has 0 aliphatic carbocycles. The Labute approximate surface area is 163 Å². The summed E-state index contributed by atoms with van der Waals surface area (Å²) in [6.45, 7) is 4.12. The lowest BCUT2D eigenvalue weighted by Gasteiger charge is -2.29. The number of hydrogen-bond donors (Lipinski definition) is 2. The van der Waals surface area contributed by atoms with Crippen molar-refractivity contribution < 1.29 is 14.3 Å². The Hall–Kier alpha value is -2.73. The van der Waals surface area contributed by atoms with Crippen molar-refractivity contribution in [3.05, 3.63) is 53.1 Å². The average Bonchev–Trinajstić information content (AvgIpc) is 2.63. The number of ether oxygens (including phenoxy) is 1. The molecule has 0 radical (unpaired) electrons. The molecular weight excluding hydrogens is 366 g/mol. The summed E-state index contributed by atoms with van der Waals surface area (Å²) in [7, 11) is 0. The van der Waals surface area contributed by atoms with Gasteiger partial charge in [0.2, 0.25) is 11.8 Å². The number of carbonyl (C=O) groups excluding carboxylic acids is 2. The second-order valence-corrected chi connectivity index (χ2v) is 6.65. The standard InChI is InChI=1S/C20H22ClN3O3/c1-2-27-16-6-3-14(4-7-16)11-19(25)23-15-5-8-18(17(21)12-15)24-10-9-22-20(26)13-24/h3-8,12H,2,9-11,13H2,1H3,(H,22,26)(H,23,25). The van der Waals surface area contributed by atoms with Crippen LogP contribution in [0.2, 0.25) is 5.02 Å². The van der Waals surface area contributed by atoms with E-state index in [2.05, 4.69) is 10.6 Å². The van der Waals surface area contributed by atoms with E-state index in [0.717, 1.165) is 17.0 Å². The molecule has 2 aromatic rings. The molecule has 2 aromatic carbocycles. The third-order valence-electron chi connectivity index (χ3n) is 4.21. The minimum absolute atomic E-state index is 0.0231. The molecule has 1 saturated heterocycles. The summed E-state index contributed by atoms with van der Waals surface area (Å²) in [5.41, 5.74) is 2.31. The van der Waals surface area contributed by atoms with E-state index in [1.165, 1.54) is 0 Å². The summed E-state index contributed by atoms with van der Waals surface area (Å²) in [5, 5.41) is 6.14. The van der Waals surface area contributed by atoms with Gasteiger partial charge in [-0.05, 0) is 42.8 Å². The van der Waals surface area contributed by atoms with Gasteiger partial charge in [-0.15, -0.1) is 0 Å². The largest absolute Gasteiger partial charge is 0.494 e. The minimum Gasteiger partial charge on any atom is -0.494 e. The molecule has 0 saturated carbocycles. The van der Waals surface area contributed by atoms with Crippen LogP contribution in [0.25, 0.3) is 0 Å². The number of piperazine rings is 1. The van der Waals surface area contributed by atoms with Gasteiger partial charge in [0.1, 0.15) is 5.75 Å². The lowest BCUT2D eigenvalue weighted by molar-refractivity contribution is -0.120. The second-order valence-electron chi connectivity index (χ2n) is 6.24. The van der Waals surface area contributed by atoms with Crippen LogP contribution >= 0.6 is 11.6 Å². The second kappa shape index (κ2) is 8.77. The van der Waals surface area contributed by atoms with E-state index in [1.54, 1.807) is 12.1 Å². The van der Waals surface area contributed by atoms with E-state index in [-0.39, 0.29) is 24.8 Å². The molecule has 2 N–H and O–H groups in total. The maximum absolute atomic E-state index is 12.3. The molecule has 1 aliphatic heterocycles. The van der Waals surface area contributed by atoms with Gasteiger partial charge in [0.15, 0.2) is 0 Å². The molecule has 0 aromatic heterocycles. The number of halogens is 1. The van der Waals surface area contributed by atoms with E-state index in [1.807, 2.05) is 42.2 Å². The Morgan fingerprint density at radius 3 is 2.70 bits per heavy atom. The van der Waals surface area contributed by atoms with Gasteiger partial charge < -0.3 is 20.3 Å². The highest BCUT2D eigenvalue weighted by atomic mass is 35.5. The summed E-state index contributed by atoms with van der Waals surface area (Å²) >= 11 is 6.36. The number of carbonyl (C=O) groups is 2. The number of benzene rings is 2. The van der Waals surface area contributed by atoms with Crippen molar-refractivity contribution >= 4 is 34.8 Å². The summed E-state index contributed by atoms with van der Waals surface area (Å²) in [5.74, 6) is 0.640. The zero-order valence-electron chi connectivity index (χ0n) is 15.1. The third kappa shape index (κ3) is 5.14. The van der Waals surface area contributed by atoms with Crippen molar-refractivity contribution in [1.29, 1.82) is 0 Å². The van der Waals surface area contributed by atoms with Gasteiger partial charge in [-0.3, -0.25) is 9.59 Å². The fourth-order valence-corrected chi connectivity index (χ4v) is 3.25. The zero-order valence-corrected chi connectivity index (χ0v) is 15.9. The fraction of sp³-hybridized carbons (Fsp3) is 0.300. The maximum atomic E-state index is 12.3. The Bertz CT molecular complexity index is 824. The molecule has 3 rings (SSSR count). The summed E-state index contributed by atoms with van der Waals surface area (Å²) in [6.07, 6.45) is 0.262. The molecular formula is C20H22ClN3O3. The first-order valence-electron chi connectivity index (χ1n) is 8.88. The third-order valence-corrected chi connectivity index (χ3v) is 4.51. The van der Waals surface area contributed by atoms with Crippen LogP contribution in [0, 0.1) is 0 Å². The van der Waals surface area contributed by atoms with Crippen LogP contribution in [0.3, 0.4) is 0 Å². The molecule has 1 fully saturated rings. The first-order chi connectivity index (χ1) is 13.0. The first kappa shape index (κ1) is 19.0. The van der Waals surface area contributed by atoms with Gasteiger partial charge >= 0.3 is 0 Å². The molecule has 6 nitrogen and oxygen atoms in total. The van der Waals surface area contributed by atoms with Gasteiger partial charge in [-0.2, -0.15) is 0 Å². The molecule has 2 amide bonds. The van der Waals surface area contributed by atoms with Crippen LogP contribution in [0.4, 0.5) is 11.4 Å². The number of amides is 2. The van der Waals surface area contributed by atoms with Gasteiger partial charge in [-0.25, -0.2) is 0 Å². The predicted octanol–water partition coefficient (Wildman–Crippen LogP) is 2.86. The molecule has 27 heavy (non-hydrogen) atoms. The maximum Gasteiger partial charge on any atom is 0.239 e. The van der Waals surface area contributed by atoms with Crippen LogP contribution in [0.5, 0.6) is 5.75 Å². The molecule has 0 bridgehead atoms. The van der Waals surface area contributed by atoms with Gasteiger partial charge in [-0.1, -0.05) is 23.7 Å². The quantitative estimate of drug-likeness (QED) is 0.799. The monoisotopic (exact) mass is 387 g/mol. The minimum atomic E-state index is -0.125. The molecule has 7 heteroatoms.